The number of benzene rings is 3. The van der Waals surface area contributed by atoms with E-state index < -0.39 is 36.2 Å². The van der Waals surface area contributed by atoms with Crippen molar-refractivity contribution in [2.45, 2.75) is 11.8 Å². The first kappa shape index (κ1) is 24.3. The molecule has 0 aliphatic rings. The van der Waals surface area contributed by atoms with Crippen LogP contribution < -0.4 is 4.80 Å². The zero-order chi connectivity index (χ0) is 25.5. The highest BCUT2D eigenvalue weighted by molar-refractivity contribution is 14.1. The molecule has 35 heavy (non-hydrogen) atoms. The molecule has 0 unspecified atom stereocenters. The first-order valence-corrected chi connectivity index (χ1v) is 12.1. The second-order valence-corrected chi connectivity index (χ2v) is 9.88. The van der Waals surface area contributed by atoms with E-state index in [1.54, 1.807) is 37.3 Å². The Morgan fingerprint density at radius 1 is 1.00 bits per heavy atom. The van der Waals surface area contributed by atoms with Crippen LogP contribution in [0.2, 0.25) is 0 Å². The number of rotatable bonds is 6. The van der Waals surface area contributed by atoms with Gasteiger partial charge in [-0.25, -0.2) is 0 Å². The Balaban J connectivity index is 2.04. The van der Waals surface area contributed by atoms with Crippen LogP contribution in [0.4, 0.5) is 11.4 Å². The number of halogens is 1. The third kappa shape index (κ3) is 4.86. The molecule has 0 atom stereocenters. The van der Waals surface area contributed by atoms with Crippen LogP contribution in [0.3, 0.4) is 0 Å². The smallest absolute Gasteiger partial charge is 0.282 e. The number of non-ortho nitro benzene ring substituents is 1. The van der Waals surface area contributed by atoms with Gasteiger partial charge in [-0.2, -0.15) is 8.42 Å². The molecule has 0 radical (unpaired) electrons. The lowest BCUT2D eigenvalue weighted by Gasteiger charge is -2.02. The van der Waals surface area contributed by atoms with E-state index in [4.69, 9.17) is 0 Å². The molecule has 0 bridgehead atoms. The molecule has 0 saturated carbocycles. The van der Waals surface area contributed by atoms with Gasteiger partial charge in [-0.05, 0) is 81.4 Å². The zero-order valence-corrected chi connectivity index (χ0v) is 20.6. The molecule has 0 saturated heterocycles. The van der Waals surface area contributed by atoms with Gasteiger partial charge in [0.25, 0.3) is 21.5 Å². The summed E-state index contributed by atoms with van der Waals surface area (Å²) in [7, 11) is -4.66. The fourth-order valence-electron chi connectivity index (χ4n) is 3.26. The van der Waals surface area contributed by atoms with Crippen molar-refractivity contribution >= 4 is 44.1 Å². The van der Waals surface area contributed by atoms with E-state index in [2.05, 4.69) is 32.8 Å². The van der Waals surface area contributed by atoms with E-state index in [0.29, 0.717) is 11.3 Å². The molecule has 0 fully saturated rings. The maximum atomic E-state index is 12.0. The third-order valence-corrected chi connectivity index (χ3v) is 6.47. The van der Waals surface area contributed by atoms with Crippen molar-refractivity contribution in [2.24, 2.45) is 0 Å². The van der Waals surface area contributed by atoms with Crippen molar-refractivity contribution in [3.05, 3.63) is 90.0 Å². The van der Waals surface area contributed by atoms with E-state index in [0.717, 1.165) is 26.6 Å². The van der Waals surface area contributed by atoms with E-state index in [9.17, 15) is 33.2 Å². The van der Waals surface area contributed by atoms with E-state index in [1.807, 2.05) is 0 Å². The van der Waals surface area contributed by atoms with Gasteiger partial charge in [-0.15, -0.1) is 0 Å². The van der Waals surface area contributed by atoms with Crippen molar-refractivity contribution in [2.75, 3.05) is 0 Å². The maximum absolute atomic E-state index is 12.0. The molecule has 15 heteroatoms. The van der Waals surface area contributed by atoms with Gasteiger partial charge in [0.2, 0.25) is 0 Å². The molecule has 4 aromatic rings. The summed E-state index contributed by atoms with van der Waals surface area (Å²) >= 11 is 2.09. The summed E-state index contributed by atoms with van der Waals surface area (Å²) in [6, 6.07) is 14.1. The number of hydrogen-bond donors (Lipinski definition) is 1. The molecule has 0 amide bonds. The zero-order valence-electron chi connectivity index (χ0n) is 17.6. The lowest BCUT2D eigenvalue weighted by Crippen LogP contribution is -2.43. The molecule has 13 nitrogen and oxygen atoms in total. The number of aromatic nitrogens is 4. The van der Waals surface area contributed by atoms with Crippen LogP contribution in [0.1, 0.15) is 5.56 Å². The van der Waals surface area contributed by atoms with Crippen LogP contribution in [-0.4, -0.2) is 37.8 Å². The van der Waals surface area contributed by atoms with Crippen molar-refractivity contribution in [1.29, 1.82) is 0 Å². The second-order valence-electron chi connectivity index (χ2n) is 7.24. The molecule has 0 aliphatic heterocycles. The highest BCUT2D eigenvalue weighted by Crippen LogP contribution is 2.28. The van der Waals surface area contributed by atoms with Gasteiger partial charge < -0.3 is 0 Å². The lowest BCUT2D eigenvalue weighted by atomic mass is 10.1. The number of aryl methyl sites for hydroxylation is 1. The van der Waals surface area contributed by atoms with Crippen LogP contribution in [-0.2, 0) is 10.1 Å². The van der Waals surface area contributed by atoms with Crippen LogP contribution in [0, 0.1) is 30.7 Å². The van der Waals surface area contributed by atoms with E-state index >= 15 is 0 Å². The predicted octanol–water partition coefficient (Wildman–Crippen LogP) is 3.19. The average molecular weight is 609 g/mol. The summed E-state index contributed by atoms with van der Waals surface area (Å²) in [6.07, 6.45) is 0. The van der Waals surface area contributed by atoms with Crippen molar-refractivity contribution in [3.8, 4) is 22.8 Å². The first-order chi connectivity index (χ1) is 16.5. The van der Waals surface area contributed by atoms with E-state index in [1.165, 1.54) is 16.9 Å². The monoisotopic (exact) mass is 609 g/mol. The standard InChI is InChI=1S/C20H13IN6O7S/c1-12-2-8-16(19(10-12)35(32,33)34)20-22-24(14-5-3-13(21)4-6-14)25(23-20)17-9-7-15(26(28)29)11-18(17)27(30)31/h2-11H,1H3/p+1. The molecule has 1 aromatic heterocycles. The fourth-order valence-corrected chi connectivity index (χ4v) is 4.39. The quantitative estimate of drug-likeness (QED) is 0.113. The SMILES string of the molecule is Cc1ccc(-c2nn(-c3ccc(I)cc3)[n+](-c3ccc([N+](=O)[O-])cc3[N+](=O)[O-])n2)c(S(=O)(=O)O)c1. The summed E-state index contributed by atoms with van der Waals surface area (Å²) in [5.74, 6) is -0.163. The van der Waals surface area contributed by atoms with Crippen molar-refractivity contribution in [3.63, 3.8) is 0 Å². The molecular formula is C20H14IN6O7S+. The van der Waals surface area contributed by atoms with Crippen LogP contribution in [0.5, 0.6) is 0 Å². The second kappa shape index (κ2) is 9.08. The van der Waals surface area contributed by atoms with Crippen LogP contribution >= 0.6 is 22.6 Å². The van der Waals surface area contributed by atoms with Crippen LogP contribution in [0.25, 0.3) is 22.8 Å². The Bertz CT molecular complexity index is 1600. The van der Waals surface area contributed by atoms with Gasteiger partial charge in [-0.3, -0.25) is 24.8 Å². The molecule has 0 aliphatic carbocycles. The largest absolute Gasteiger partial charge is 0.341 e. The normalized spacial score (nSPS) is 11.4. The Morgan fingerprint density at radius 2 is 1.69 bits per heavy atom. The maximum Gasteiger partial charge on any atom is 0.341 e. The molecule has 1 heterocycles. The Kier molecular flexibility index (Phi) is 6.30. The van der Waals surface area contributed by atoms with Crippen molar-refractivity contribution < 1.29 is 27.6 Å². The molecule has 178 valence electrons. The molecule has 3 aromatic carbocycles. The summed E-state index contributed by atoms with van der Waals surface area (Å²) in [4.78, 5) is 23.1. The van der Waals surface area contributed by atoms with Gasteiger partial charge in [-0.1, -0.05) is 6.07 Å². The Hall–Kier alpha value is -3.83. The minimum absolute atomic E-state index is 0.0410. The third-order valence-electron chi connectivity index (χ3n) is 4.85. The predicted molar refractivity (Wildman–Crippen MR) is 129 cm³/mol. The number of nitro benzene ring substituents is 2. The first-order valence-electron chi connectivity index (χ1n) is 9.63. The topological polar surface area (TPSA) is 175 Å². The Morgan fingerprint density at radius 3 is 2.29 bits per heavy atom. The van der Waals surface area contributed by atoms with Crippen molar-refractivity contribution in [1.82, 2.24) is 15.0 Å². The highest BCUT2D eigenvalue weighted by Gasteiger charge is 2.33. The summed E-state index contributed by atoms with van der Waals surface area (Å²) in [5.41, 5.74) is -0.337. The lowest BCUT2D eigenvalue weighted by molar-refractivity contribution is -0.736. The van der Waals surface area contributed by atoms with Gasteiger partial charge in [0.15, 0.2) is 0 Å². The highest BCUT2D eigenvalue weighted by atomic mass is 127. The Labute approximate surface area is 210 Å². The number of hydrogen-bond acceptors (Lipinski definition) is 8. The minimum atomic E-state index is -4.66. The van der Waals surface area contributed by atoms with E-state index in [-0.39, 0.29) is 17.1 Å². The molecule has 1 N–H and O–H groups in total. The number of nitro groups is 2. The summed E-state index contributed by atoms with van der Waals surface area (Å²) in [6.45, 7) is 1.64. The average Bonchev–Trinajstić information content (AvgIpc) is 3.23. The molecular weight excluding hydrogens is 595 g/mol. The minimum Gasteiger partial charge on any atom is -0.282 e. The van der Waals surface area contributed by atoms with Gasteiger partial charge in [0.1, 0.15) is 10.6 Å². The number of nitrogens with zero attached hydrogens (tertiary/aromatic N) is 6. The van der Waals surface area contributed by atoms with Crippen LogP contribution in [0.15, 0.2) is 65.6 Å². The van der Waals surface area contributed by atoms with Gasteiger partial charge >= 0.3 is 11.5 Å². The van der Waals surface area contributed by atoms with Gasteiger partial charge in [0.05, 0.1) is 26.6 Å². The summed E-state index contributed by atoms with van der Waals surface area (Å²) in [5, 5.41) is 31.6. The number of tetrazole rings is 1. The fraction of sp³-hybridized carbons (Fsp3) is 0.0500. The molecule has 4 rings (SSSR count). The van der Waals surface area contributed by atoms with Gasteiger partial charge in [0, 0.05) is 20.5 Å². The molecule has 0 spiro atoms. The summed E-state index contributed by atoms with van der Waals surface area (Å²) < 4.78 is 34.7.